The molecule has 130 valence electrons. The second-order valence-corrected chi connectivity index (χ2v) is 6.23. The second-order valence-electron chi connectivity index (χ2n) is 6.23. The van der Waals surface area contributed by atoms with Gasteiger partial charge in [-0.3, -0.25) is 9.59 Å². The lowest BCUT2D eigenvalue weighted by atomic mass is 10.0. The van der Waals surface area contributed by atoms with Crippen LogP contribution in [0.2, 0.25) is 0 Å². The van der Waals surface area contributed by atoms with Gasteiger partial charge in [0.05, 0.1) is 0 Å². The van der Waals surface area contributed by atoms with Crippen molar-refractivity contribution in [2.24, 2.45) is 0 Å². The van der Waals surface area contributed by atoms with E-state index in [0.717, 1.165) is 22.3 Å². The summed E-state index contributed by atoms with van der Waals surface area (Å²) in [5.41, 5.74) is 3.96. The van der Waals surface area contributed by atoms with Gasteiger partial charge < -0.3 is 9.47 Å². The van der Waals surface area contributed by atoms with Gasteiger partial charge in [0.1, 0.15) is 11.5 Å². The van der Waals surface area contributed by atoms with Crippen molar-refractivity contribution in [3.63, 3.8) is 0 Å². The summed E-state index contributed by atoms with van der Waals surface area (Å²) in [5.74, 6) is 0.268. The van der Waals surface area contributed by atoms with E-state index >= 15 is 0 Å². The normalized spacial score (nSPS) is 9.92. The van der Waals surface area contributed by atoms with Crippen molar-refractivity contribution in [3.05, 3.63) is 46.6 Å². The molecule has 0 bridgehead atoms. The highest BCUT2D eigenvalue weighted by molar-refractivity contribution is 5.72. The Bertz CT molecular complexity index is 632. The topological polar surface area (TPSA) is 52.6 Å². The summed E-state index contributed by atoms with van der Waals surface area (Å²) in [6, 6.07) is 3.51. The summed E-state index contributed by atoms with van der Waals surface area (Å²) < 4.78 is 10.7. The highest BCUT2D eigenvalue weighted by Gasteiger charge is 2.15. The summed E-state index contributed by atoms with van der Waals surface area (Å²) in [7, 11) is 0. The molecule has 0 spiro atoms. The molecule has 0 saturated carbocycles. The number of benzene rings is 1. The molecule has 0 aromatic heterocycles. The molecule has 1 aromatic rings. The van der Waals surface area contributed by atoms with E-state index < -0.39 is 0 Å². The maximum atomic E-state index is 11.5. The lowest BCUT2D eigenvalue weighted by Crippen LogP contribution is -2.09. The maximum absolute atomic E-state index is 11.5. The number of esters is 2. The van der Waals surface area contributed by atoms with E-state index in [4.69, 9.17) is 9.47 Å². The molecule has 0 aliphatic carbocycles. The van der Waals surface area contributed by atoms with E-state index in [1.165, 1.54) is 13.8 Å². The van der Waals surface area contributed by atoms with Gasteiger partial charge >= 0.3 is 11.9 Å². The third-order valence-corrected chi connectivity index (χ3v) is 3.18. The summed E-state index contributed by atoms with van der Waals surface area (Å²) in [6.45, 7) is 10.8. The zero-order valence-electron chi connectivity index (χ0n) is 15.4. The van der Waals surface area contributed by atoms with E-state index in [0.29, 0.717) is 24.3 Å². The minimum atomic E-state index is -0.378. The lowest BCUT2D eigenvalue weighted by molar-refractivity contribution is -0.133. The summed E-state index contributed by atoms with van der Waals surface area (Å²) >= 11 is 0. The van der Waals surface area contributed by atoms with E-state index in [-0.39, 0.29) is 11.9 Å². The molecule has 4 nitrogen and oxygen atoms in total. The molecule has 0 fully saturated rings. The predicted octanol–water partition coefficient (Wildman–Crippen LogP) is 4.55. The molecule has 0 heterocycles. The SMILES string of the molecule is CC(=O)Oc1cc(CC=C(C)C)c(OC(C)=O)c(CC=C(C)C)c1. The van der Waals surface area contributed by atoms with E-state index in [1.807, 2.05) is 39.8 Å². The van der Waals surface area contributed by atoms with Crippen LogP contribution in [0.3, 0.4) is 0 Å². The predicted molar refractivity (Wildman–Crippen MR) is 95.3 cm³/mol. The molecule has 0 amide bonds. The van der Waals surface area contributed by atoms with Crippen molar-refractivity contribution >= 4 is 11.9 Å². The second kappa shape index (κ2) is 9.06. The molecule has 1 rings (SSSR count). The third kappa shape index (κ3) is 6.82. The number of allylic oxidation sites excluding steroid dienone is 4. The summed E-state index contributed by atoms with van der Waals surface area (Å²) in [6.07, 6.45) is 5.29. The van der Waals surface area contributed by atoms with Crippen LogP contribution in [0.5, 0.6) is 11.5 Å². The number of ether oxygens (including phenoxy) is 2. The monoisotopic (exact) mass is 330 g/mol. The molecule has 0 saturated heterocycles. The fourth-order valence-electron chi connectivity index (χ4n) is 2.15. The Morgan fingerprint density at radius 3 is 1.54 bits per heavy atom. The first kappa shape index (κ1) is 19.7. The number of hydrogen-bond acceptors (Lipinski definition) is 4. The number of rotatable bonds is 6. The molecule has 4 heteroatoms. The molecule has 0 atom stereocenters. The minimum Gasteiger partial charge on any atom is -0.427 e. The molecule has 1 aromatic carbocycles. The van der Waals surface area contributed by atoms with Gasteiger partial charge in [0.15, 0.2) is 0 Å². The van der Waals surface area contributed by atoms with E-state index in [1.54, 1.807) is 12.1 Å². The molecule has 0 N–H and O–H groups in total. The first-order chi connectivity index (χ1) is 11.2. The van der Waals surface area contributed by atoms with Crippen molar-refractivity contribution in [3.8, 4) is 11.5 Å². The van der Waals surface area contributed by atoms with Crippen LogP contribution in [-0.4, -0.2) is 11.9 Å². The number of carbonyl (C=O) groups excluding carboxylic acids is 2. The minimum absolute atomic E-state index is 0.368. The molecule has 0 radical (unpaired) electrons. The van der Waals surface area contributed by atoms with Crippen LogP contribution in [0, 0.1) is 0 Å². The van der Waals surface area contributed by atoms with Crippen LogP contribution in [0.15, 0.2) is 35.4 Å². The summed E-state index contributed by atoms with van der Waals surface area (Å²) in [5, 5.41) is 0. The molecular formula is C20H26O4. The fourth-order valence-corrected chi connectivity index (χ4v) is 2.15. The van der Waals surface area contributed by atoms with E-state index in [9.17, 15) is 9.59 Å². The van der Waals surface area contributed by atoms with Gasteiger partial charge in [-0.15, -0.1) is 0 Å². The molecule has 0 unspecified atom stereocenters. The standard InChI is InChI=1S/C20H26O4/c1-13(2)7-9-17-11-19(23-15(5)21)12-18(10-8-14(3)4)20(17)24-16(6)22/h7-8,11-12H,9-10H2,1-6H3. The van der Waals surface area contributed by atoms with Gasteiger partial charge in [-0.1, -0.05) is 23.3 Å². The van der Waals surface area contributed by atoms with Gasteiger partial charge in [0.2, 0.25) is 0 Å². The Morgan fingerprint density at radius 2 is 1.21 bits per heavy atom. The Hall–Kier alpha value is -2.36. The zero-order valence-corrected chi connectivity index (χ0v) is 15.4. The summed E-state index contributed by atoms with van der Waals surface area (Å²) in [4.78, 5) is 22.8. The Labute approximate surface area is 144 Å². The van der Waals surface area contributed by atoms with E-state index in [2.05, 4.69) is 0 Å². The van der Waals surface area contributed by atoms with Crippen LogP contribution in [0.4, 0.5) is 0 Å². The van der Waals surface area contributed by atoms with Gasteiger partial charge in [0, 0.05) is 25.0 Å². The molecule has 0 aliphatic heterocycles. The van der Waals surface area contributed by atoms with Gasteiger partial charge in [-0.25, -0.2) is 0 Å². The lowest BCUT2D eigenvalue weighted by Gasteiger charge is -2.15. The first-order valence-corrected chi connectivity index (χ1v) is 7.98. The highest BCUT2D eigenvalue weighted by Crippen LogP contribution is 2.32. The average molecular weight is 330 g/mol. The average Bonchev–Trinajstić information content (AvgIpc) is 2.43. The molecule has 24 heavy (non-hydrogen) atoms. The van der Waals surface area contributed by atoms with Crippen molar-refractivity contribution in [1.82, 2.24) is 0 Å². The van der Waals surface area contributed by atoms with Crippen molar-refractivity contribution in [1.29, 1.82) is 0 Å². The molecule has 0 aliphatic rings. The maximum Gasteiger partial charge on any atom is 0.308 e. The number of hydrogen-bond donors (Lipinski definition) is 0. The van der Waals surface area contributed by atoms with Crippen LogP contribution in [0.25, 0.3) is 0 Å². The van der Waals surface area contributed by atoms with Crippen molar-refractivity contribution in [2.45, 2.75) is 54.4 Å². The largest absolute Gasteiger partial charge is 0.427 e. The Balaban J connectivity index is 3.44. The van der Waals surface area contributed by atoms with Crippen LogP contribution in [0.1, 0.15) is 52.7 Å². The quantitative estimate of drug-likeness (QED) is 0.436. The third-order valence-electron chi connectivity index (χ3n) is 3.18. The highest BCUT2D eigenvalue weighted by atomic mass is 16.5. The zero-order chi connectivity index (χ0) is 18.3. The fraction of sp³-hybridized carbons (Fsp3) is 0.400. The first-order valence-electron chi connectivity index (χ1n) is 7.98. The molecular weight excluding hydrogens is 304 g/mol. The van der Waals surface area contributed by atoms with Crippen molar-refractivity contribution < 1.29 is 19.1 Å². The van der Waals surface area contributed by atoms with Gasteiger partial charge in [0.25, 0.3) is 0 Å². The van der Waals surface area contributed by atoms with Gasteiger partial charge in [-0.2, -0.15) is 0 Å². The van der Waals surface area contributed by atoms with Crippen LogP contribution < -0.4 is 9.47 Å². The Morgan fingerprint density at radius 1 is 0.792 bits per heavy atom. The van der Waals surface area contributed by atoms with Gasteiger partial charge in [-0.05, 0) is 52.7 Å². The number of carbonyl (C=O) groups is 2. The van der Waals surface area contributed by atoms with Crippen molar-refractivity contribution in [2.75, 3.05) is 0 Å². The van der Waals surface area contributed by atoms with Crippen LogP contribution in [-0.2, 0) is 22.4 Å². The van der Waals surface area contributed by atoms with Crippen LogP contribution >= 0.6 is 0 Å². The Kier molecular flexibility index (Phi) is 7.43. The smallest absolute Gasteiger partial charge is 0.308 e.